The monoisotopic (exact) mass is 204 g/mol. The van der Waals surface area contributed by atoms with Crippen LogP contribution in [0.4, 0.5) is 0 Å². The van der Waals surface area contributed by atoms with E-state index in [9.17, 15) is 0 Å². The Kier molecular flexibility index (Phi) is 2.58. The zero-order valence-corrected chi connectivity index (χ0v) is 9.20. The molecule has 0 saturated heterocycles. The first-order valence-corrected chi connectivity index (χ1v) is 5.21. The molecule has 1 aromatic heterocycles. The Morgan fingerprint density at radius 1 is 1.47 bits per heavy atom. The van der Waals surface area contributed by atoms with E-state index in [1.807, 2.05) is 20.0 Å². The van der Waals surface area contributed by atoms with Gasteiger partial charge in [-0.25, -0.2) is 9.98 Å². The van der Waals surface area contributed by atoms with E-state index in [2.05, 4.69) is 14.5 Å². The van der Waals surface area contributed by atoms with Crippen molar-refractivity contribution < 1.29 is 0 Å². The van der Waals surface area contributed by atoms with Crippen molar-refractivity contribution in [2.45, 2.75) is 26.2 Å². The van der Waals surface area contributed by atoms with Crippen molar-refractivity contribution in [3.8, 4) is 0 Å². The highest BCUT2D eigenvalue weighted by molar-refractivity contribution is 5.97. The van der Waals surface area contributed by atoms with Gasteiger partial charge in [-0.3, -0.25) is 0 Å². The fourth-order valence-corrected chi connectivity index (χ4v) is 1.80. The number of aliphatic imine (C=N–C) groups is 1. The molecule has 0 amide bonds. The summed E-state index contributed by atoms with van der Waals surface area (Å²) in [5.41, 5.74) is 7.93. The summed E-state index contributed by atoms with van der Waals surface area (Å²) in [5, 5.41) is 0. The zero-order chi connectivity index (χ0) is 10.8. The van der Waals surface area contributed by atoms with E-state index in [0.717, 1.165) is 30.8 Å². The molecule has 0 radical (unpaired) electrons. The van der Waals surface area contributed by atoms with E-state index >= 15 is 0 Å². The molecule has 0 aliphatic carbocycles. The van der Waals surface area contributed by atoms with Crippen LogP contribution < -0.4 is 5.73 Å². The summed E-state index contributed by atoms with van der Waals surface area (Å²) in [7, 11) is 2.03. The highest BCUT2D eigenvalue weighted by atomic mass is 15.1. The molecule has 0 fully saturated rings. The van der Waals surface area contributed by atoms with E-state index in [4.69, 9.17) is 5.73 Å². The first kappa shape index (κ1) is 9.96. The molecule has 0 unspecified atom stereocenters. The molecule has 2 heterocycles. The van der Waals surface area contributed by atoms with Crippen LogP contribution in [-0.2, 0) is 13.5 Å². The molecule has 1 aliphatic rings. The van der Waals surface area contributed by atoms with Gasteiger partial charge in [0.1, 0.15) is 11.5 Å². The molecule has 2 rings (SSSR count). The molecule has 1 aromatic rings. The number of aromatic nitrogens is 2. The van der Waals surface area contributed by atoms with Gasteiger partial charge in [0, 0.05) is 18.9 Å². The van der Waals surface area contributed by atoms with E-state index in [0.29, 0.717) is 5.84 Å². The number of nitrogens with two attached hydrogens (primary N) is 1. The van der Waals surface area contributed by atoms with Gasteiger partial charge in [0.2, 0.25) is 0 Å². The molecule has 0 aromatic carbocycles. The molecule has 1 aliphatic heterocycles. The van der Waals surface area contributed by atoms with Gasteiger partial charge in [-0.15, -0.1) is 0 Å². The Morgan fingerprint density at radius 3 is 3.07 bits per heavy atom. The zero-order valence-electron chi connectivity index (χ0n) is 9.20. The van der Waals surface area contributed by atoms with E-state index in [-0.39, 0.29) is 0 Å². The molecule has 80 valence electrons. The predicted molar refractivity (Wildman–Crippen MR) is 60.7 cm³/mol. The maximum atomic E-state index is 5.89. The largest absolute Gasteiger partial charge is 0.382 e. The molecule has 4 heteroatoms. The average molecular weight is 204 g/mol. The van der Waals surface area contributed by atoms with Gasteiger partial charge in [-0.05, 0) is 26.2 Å². The van der Waals surface area contributed by atoms with Crippen LogP contribution in [0.3, 0.4) is 0 Å². The van der Waals surface area contributed by atoms with Crippen LogP contribution in [0.15, 0.2) is 17.3 Å². The lowest BCUT2D eigenvalue weighted by Gasteiger charge is -2.04. The molecule has 2 N–H and O–H groups in total. The number of hydrogen-bond acceptors (Lipinski definition) is 3. The third-order valence-electron chi connectivity index (χ3n) is 2.78. The second-order valence-corrected chi connectivity index (χ2v) is 3.80. The number of nitrogens with zero attached hydrogens (tertiary/aromatic N) is 3. The third kappa shape index (κ3) is 1.79. The van der Waals surface area contributed by atoms with Crippen molar-refractivity contribution in [3.05, 3.63) is 29.5 Å². The first-order valence-electron chi connectivity index (χ1n) is 5.21. The summed E-state index contributed by atoms with van der Waals surface area (Å²) in [4.78, 5) is 8.63. The van der Waals surface area contributed by atoms with Crippen LogP contribution in [0.25, 0.3) is 0 Å². The minimum absolute atomic E-state index is 0.520. The summed E-state index contributed by atoms with van der Waals surface area (Å²) in [6.07, 6.45) is 6.99. The second kappa shape index (κ2) is 3.88. The van der Waals surface area contributed by atoms with Gasteiger partial charge >= 0.3 is 0 Å². The van der Waals surface area contributed by atoms with Crippen molar-refractivity contribution in [2.24, 2.45) is 17.8 Å². The minimum Gasteiger partial charge on any atom is -0.382 e. The molecule has 0 spiro atoms. The number of hydrogen-bond donors (Lipinski definition) is 1. The fraction of sp³-hybridized carbons (Fsp3) is 0.455. The Hall–Kier alpha value is -1.58. The maximum Gasteiger partial charge on any atom is 0.151 e. The van der Waals surface area contributed by atoms with Crippen LogP contribution in [0.2, 0.25) is 0 Å². The Balaban J connectivity index is 2.53. The normalized spacial score (nSPS) is 18.4. The lowest BCUT2D eigenvalue weighted by Crippen LogP contribution is -2.16. The van der Waals surface area contributed by atoms with Crippen LogP contribution in [0.5, 0.6) is 0 Å². The summed E-state index contributed by atoms with van der Waals surface area (Å²) in [6, 6.07) is 0. The topological polar surface area (TPSA) is 56.2 Å². The molecule has 0 bridgehead atoms. The summed E-state index contributed by atoms with van der Waals surface area (Å²) in [5.74, 6) is 1.51. The molecule has 15 heavy (non-hydrogen) atoms. The molecular weight excluding hydrogens is 188 g/mol. The van der Waals surface area contributed by atoms with Crippen LogP contribution in [0, 0.1) is 6.92 Å². The summed E-state index contributed by atoms with van der Waals surface area (Å²) in [6.45, 7) is 1.99. The third-order valence-corrected chi connectivity index (χ3v) is 2.78. The number of amidine groups is 1. The maximum absolute atomic E-state index is 5.89. The minimum atomic E-state index is 0.520. The van der Waals surface area contributed by atoms with Gasteiger partial charge in [-0.2, -0.15) is 0 Å². The van der Waals surface area contributed by atoms with E-state index in [1.165, 1.54) is 5.69 Å². The van der Waals surface area contributed by atoms with Gasteiger partial charge < -0.3 is 10.3 Å². The molecule has 4 nitrogen and oxygen atoms in total. The van der Waals surface area contributed by atoms with Crippen molar-refractivity contribution in [2.75, 3.05) is 0 Å². The van der Waals surface area contributed by atoms with Gasteiger partial charge in [0.05, 0.1) is 0 Å². The van der Waals surface area contributed by atoms with Crippen molar-refractivity contribution in [1.29, 1.82) is 0 Å². The summed E-state index contributed by atoms with van der Waals surface area (Å²) >= 11 is 0. The van der Waals surface area contributed by atoms with Gasteiger partial charge in [0.15, 0.2) is 5.84 Å². The number of fused-ring (bicyclic) bond motifs is 1. The highest BCUT2D eigenvalue weighted by Gasteiger charge is 2.15. The number of rotatable bonds is 0. The molecule has 0 atom stereocenters. The van der Waals surface area contributed by atoms with E-state index < -0.39 is 0 Å². The molecule has 0 saturated carbocycles. The highest BCUT2D eigenvalue weighted by Crippen LogP contribution is 2.14. The first-order chi connectivity index (χ1) is 7.20. The van der Waals surface area contributed by atoms with Gasteiger partial charge in [-0.1, -0.05) is 6.08 Å². The van der Waals surface area contributed by atoms with Crippen LogP contribution in [0.1, 0.15) is 30.1 Å². The summed E-state index contributed by atoms with van der Waals surface area (Å²) < 4.78 is 2.10. The van der Waals surface area contributed by atoms with Crippen molar-refractivity contribution in [1.82, 2.24) is 9.55 Å². The quantitative estimate of drug-likeness (QED) is 0.692. The lowest BCUT2D eigenvalue weighted by molar-refractivity contribution is 0.740. The van der Waals surface area contributed by atoms with Crippen molar-refractivity contribution >= 4 is 5.84 Å². The Labute approximate surface area is 89.5 Å². The Morgan fingerprint density at radius 2 is 2.27 bits per heavy atom. The smallest absolute Gasteiger partial charge is 0.151 e. The van der Waals surface area contributed by atoms with Gasteiger partial charge in [0.25, 0.3) is 0 Å². The SMILES string of the molecule is Cc1nc2c(n1C)CCC/C=C/N=C2N. The standard InChI is InChI=1S/C11H16N4/c1-8-14-10-9(15(8)2)6-4-3-5-7-13-11(10)12/h5,7H,3-4,6H2,1-2H3,(H2,12,13)/b7-5+. The number of aryl methyl sites for hydroxylation is 1. The lowest BCUT2D eigenvalue weighted by atomic mass is 10.1. The van der Waals surface area contributed by atoms with E-state index in [1.54, 1.807) is 6.20 Å². The fourth-order valence-electron chi connectivity index (χ4n) is 1.80. The average Bonchev–Trinajstić information content (AvgIpc) is 2.53. The Bertz CT molecular complexity index is 426. The predicted octanol–water partition coefficient (Wildman–Crippen LogP) is 1.28. The second-order valence-electron chi connectivity index (χ2n) is 3.80. The number of imidazole rings is 1. The number of allylic oxidation sites excluding steroid dienone is 1. The molecular formula is C11H16N4. The van der Waals surface area contributed by atoms with Crippen LogP contribution >= 0.6 is 0 Å². The van der Waals surface area contributed by atoms with Crippen LogP contribution in [-0.4, -0.2) is 15.4 Å². The van der Waals surface area contributed by atoms with Crippen molar-refractivity contribution in [3.63, 3.8) is 0 Å².